The van der Waals surface area contributed by atoms with Crippen LogP contribution in [0.25, 0.3) is 5.69 Å². The van der Waals surface area contributed by atoms with E-state index >= 15 is 0 Å². The summed E-state index contributed by atoms with van der Waals surface area (Å²) in [4.78, 5) is 12.4. The molecule has 0 saturated heterocycles. The molecule has 140 valence electrons. The van der Waals surface area contributed by atoms with Gasteiger partial charge in [-0.05, 0) is 42.5 Å². The van der Waals surface area contributed by atoms with Gasteiger partial charge in [0, 0.05) is 20.8 Å². The van der Waals surface area contributed by atoms with Gasteiger partial charge in [-0.2, -0.15) is 18.3 Å². The van der Waals surface area contributed by atoms with Crippen LogP contribution in [0.4, 0.5) is 18.9 Å². The highest BCUT2D eigenvalue weighted by Gasteiger charge is 2.40. The van der Waals surface area contributed by atoms with E-state index in [4.69, 9.17) is 34.8 Å². The minimum atomic E-state index is -4.82. The Balaban J connectivity index is 2.02. The van der Waals surface area contributed by atoms with Gasteiger partial charge in [0.1, 0.15) is 0 Å². The van der Waals surface area contributed by atoms with Crippen LogP contribution >= 0.6 is 34.8 Å². The number of carbonyl (C=O) groups is 1. The lowest BCUT2D eigenvalue weighted by molar-refractivity contribution is -0.143. The van der Waals surface area contributed by atoms with E-state index in [1.165, 1.54) is 42.5 Å². The van der Waals surface area contributed by atoms with Gasteiger partial charge in [-0.1, -0.05) is 34.8 Å². The summed E-state index contributed by atoms with van der Waals surface area (Å²) in [5.41, 5.74) is -1.59. The zero-order chi connectivity index (χ0) is 19.8. The van der Waals surface area contributed by atoms with Crippen molar-refractivity contribution in [2.45, 2.75) is 6.18 Å². The van der Waals surface area contributed by atoms with Gasteiger partial charge in [0.25, 0.3) is 5.91 Å². The molecule has 0 spiro atoms. The summed E-state index contributed by atoms with van der Waals surface area (Å²) in [7, 11) is 0. The van der Waals surface area contributed by atoms with Crippen LogP contribution in [0.15, 0.2) is 48.7 Å². The number of amides is 1. The quantitative estimate of drug-likeness (QED) is 0.541. The van der Waals surface area contributed by atoms with Crippen LogP contribution in [0.2, 0.25) is 15.1 Å². The molecular formula is C17H9Cl3F3N3O. The van der Waals surface area contributed by atoms with Gasteiger partial charge in [-0.15, -0.1) is 0 Å². The molecule has 3 aromatic rings. The largest absolute Gasteiger partial charge is 0.434 e. The van der Waals surface area contributed by atoms with Crippen LogP contribution in [-0.4, -0.2) is 15.7 Å². The summed E-state index contributed by atoms with van der Waals surface area (Å²) in [5.74, 6) is -0.999. The summed E-state index contributed by atoms with van der Waals surface area (Å²) in [6.07, 6.45) is -3.98. The zero-order valence-electron chi connectivity index (χ0n) is 13.2. The minimum Gasteiger partial charge on any atom is -0.322 e. The summed E-state index contributed by atoms with van der Waals surface area (Å²) >= 11 is 17.4. The van der Waals surface area contributed by atoms with Gasteiger partial charge in [0.05, 0.1) is 17.4 Å². The Morgan fingerprint density at radius 3 is 2.11 bits per heavy atom. The lowest BCUT2D eigenvalue weighted by Gasteiger charge is -2.13. The Morgan fingerprint density at radius 1 is 0.963 bits per heavy atom. The van der Waals surface area contributed by atoms with Gasteiger partial charge in [0.15, 0.2) is 5.69 Å². The predicted octanol–water partition coefficient (Wildman–Crippen LogP) is 6.10. The first kappa shape index (κ1) is 19.5. The maximum Gasteiger partial charge on any atom is 0.434 e. The summed E-state index contributed by atoms with van der Waals surface area (Å²) < 4.78 is 41.5. The first-order valence-electron chi connectivity index (χ1n) is 7.34. The molecule has 0 bridgehead atoms. The molecule has 0 aliphatic heterocycles. The van der Waals surface area contributed by atoms with Gasteiger partial charge < -0.3 is 5.32 Å². The van der Waals surface area contributed by atoms with Gasteiger partial charge in [-0.25, -0.2) is 4.68 Å². The Kier molecular flexibility index (Phi) is 5.37. The number of benzene rings is 2. The fraction of sp³-hybridized carbons (Fsp3) is 0.0588. The van der Waals surface area contributed by atoms with E-state index in [1.807, 2.05) is 0 Å². The standard InChI is InChI=1S/C17H9Cl3F3N3O/c18-9-1-3-13(4-2-9)26-15(17(21,22)23)14(8-24-26)16(27)25-12-6-10(19)5-11(20)7-12/h1-8H,(H,25,27). The fourth-order valence-electron chi connectivity index (χ4n) is 2.39. The smallest absolute Gasteiger partial charge is 0.322 e. The van der Waals surface area contributed by atoms with Crippen molar-refractivity contribution < 1.29 is 18.0 Å². The molecule has 2 aromatic carbocycles. The number of aromatic nitrogens is 2. The third-order valence-electron chi connectivity index (χ3n) is 3.47. The van der Waals surface area contributed by atoms with Crippen LogP contribution in [0.3, 0.4) is 0 Å². The minimum absolute atomic E-state index is 0.108. The molecule has 0 aliphatic rings. The molecule has 0 saturated carbocycles. The number of rotatable bonds is 3. The van der Waals surface area contributed by atoms with Crippen LogP contribution in [0, 0.1) is 0 Å². The molecule has 3 rings (SSSR count). The molecule has 4 nitrogen and oxygen atoms in total. The fourth-order valence-corrected chi connectivity index (χ4v) is 3.04. The first-order valence-corrected chi connectivity index (χ1v) is 8.47. The Labute approximate surface area is 166 Å². The molecule has 1 amide bonds. The highest BCUT2D eigenvalue weighted by Crippen LogP contribution is 2.34. The van der Waals surface area contributed by atoms with Crippen molar-refractivity contribution in [1.29, 1.82) is 0 Å². The predicted molar refractivity (Wildman–Crippen MR) is 98.0 cm³/mol. The molecule has 0 aliphatic carbocycles. The van der Waals surface area contributed by atoms with Crippen molar-refractivity contribution in [3.05, 3.63) is 75.0 Å². The summed E-state index contributed by atoms with van der Waals surface area (Å²) in [6.45, 7) is 0. The number of hydrogen-bond donors (Lipinski definition) is 1. The maximum absolute atomic E-state index is 13.6. The normalized spacial score (nSPS) is 11.5. The summed E-state index contributed by atoms with van der Waals surface area (Å²) in [5, 5.41) is 6.88. The van der Waals surface area contributed by atoms with E-state index in [1.54, 1.807) is 0 Å². The highest BCUT2D eigenvalue weighted by molar-refractivity contribution is 6.35. The molecule has 1 aromatic heterocycles. The van der Waals surface area contributed by atoms with Crippen molar-refractivity contribution in [2.75, 3.05) is 5.32 Å². The monoisotopic (exact) mass is 433 g/mol. The van der Waals surface area contributed by atoms with Gasteiger partial charge in [-0.3, -0.25) is 4.79 Å². The zero-order valence-corrected chi connectivity index (χ0v) is 15.5. The molecule has 0 unspecified atom stereocenters. The Morgan fingerprint density at radius 2 is 1.56 bits per heavy atom. The van der Waals surface area contributed by atoms with Crippen LogP contribution in [0.1, 0.15) is 16.1 Å². The number of hydrogen-bond acceptors (Lipinski definition) is 2. The third kappa shape index (κ3) is 4.37. The lowest BCUT2D eigenvalue weighted by atomic mass is 10.2. The van der Waals surface area contributed by atoms with Crippen molar-refractivity contribution in [3.63, 3.8) is 0 Å². The number of alkyl halides is 3. The molecule has 0 atom stereocenters. The van der Waals surface area contributed by atoms with E-state index in [2.05, 4.69) is 10.4 Å². The third-order valence-corrected chi connectivity index (χ3v) is 4.16. The van der Waals surface area contributed by atoms with Crippen molar-refractivity contribution >= 4 is 46.4 Å². The van der Waals surface area contributed by atoms with Crippen LogP contribution in [0.5, 0.6) is 0 Å². The van der Waals surface area contributed by atoms with Crippen molar-refractivity contribution in [2.24, 2.45) is 0 Å². The van der Waals surface area contributed by atoms with Crippen molar-refractivity contribution in [1.82, 2.24) is 9.78 Å². The second kappa shape index (κ2) is 7.42. The molecule has 1 heterocycles. The average molecular weight is 435 g/mol. The molecule has 27 heavy (non-hydrogen) atoms. The van der Waals surface area contributed by atoms with E-state index < -0.39 is 23.3 Å². The van der Waals surface area contributed by atoms with Gasteiger partial charge in [0.2, 0.25) is 0 Å². The molecule has 0 radical (unpaired) electrons. The molecule has 1 N–H and O–H groups in total. The first-order chi connectivity index (χ1) is 12.6. The van der Waals surface area contributed by atoms with E-state index in [-0.39, 0.29) is 21.4 Å². The summed E-state index contributed by atoms with van der Waals surface area (Å²) in [6, 6.07) is 9.73. The van der Waals surface area contributed by atoms with E-state index in [0.29, 0.717) is 9.70 Å². The van der Waals surface area contributed by atoms with Gasteiger partial charge >= 0.3 is 6.18 Å². The number of carbonyl (C=O) groups excluding carboxylic acids is 1. The highest BCUT2D eigenvalue weighted by atomic mass is 35.5. The van der Waals surface area contributed by atoms with E-state index in [0.717, 1.165) is 6.20 Å². The number of anilines is 1. The molecular weight excluding hydrogens is 426 g/mol. The Hall–Kier alpha value is -2.22. The molecule has 0 fully saturated rings. The van der Waals surface area contributed by atoms with Crippen molar-refractivity contribution in [3.8, 4) is 5.69 Å². The van der Waals surface area contributed by atoms with Crippen LogP contribution < -0.4 is 5.32 Å². The number of nitrogens with zero attached hydrogens (tertiary/aromatic N) is 2. The maximum atomic E-state index is 13.6. The second-order valence-corrected chi connectivity index (χ2v) is 6.71. The average Bonchev–Trinajstić information content (AvgIpc) is 3.00. The topological polar surface area (TPSA) is 46.9 Å². The van der Waals surface area contributed by atoms with E-state index in [9.17, 15) is 18.0 Å². The molecule has 10 heteroatoms. The van der Waals surface area contributed by atoms with Crippen LogP contribution in [-0.2, 0) is 6.18 Å². The Bertz CT molecular complexity index is 981. The lowest BCUT2D eigenvalue weighted by Crippen LogP contribution is -2.20. The number of halogens is 6. The SMILES string of the molecule is O=C(Nc1cc(Cl)cc(Cl)c1)c1cnn(-c2ccc(Cl)cc2)c1C(F)(F)F. The second-order valence-electron chi connectivity index (χ2n) is 5.41. The number of nitrogens with one attached hydrogen (secondary N) is 1.